The van der Waals surface area contributed by atoms with Gasteiger partial charge in [-0.2, -0.15) is 5.10 Å². The van der Waals surface area contributed by atoms with Crippen LogP contribution < -0.4 is 10.1 Å². The van der Waals surface area contributed by atoms with E-state index in [1.165, 1.54) is 11.3 Å². The van der Waals surface area contributed by atoms with E-state index >= 15 is 0 Å². The summed E-state index contributed by atoms with van der Waals surface area (Å²) in [7, 11) is 0. The van der Waals surface area contributed by atoms with Crippen molar-refractivity contribution in [2.75, 3.05) is 11.9 Å². The van der Waals surface area contributed by atoms with Gasteiger partial charge in [0.2, 0.25) is 0 Å². The van der Waals surface area contributed by atoms with Gasteiger partial charge in [-0.15, -0.1) is 0 Å². The smallest absolute Gasteiger partial charge is 0.157 e. The van der Waals surface area contributed by atoms with Crippen molar-refractivity contribution in [3.8, 4) is 5.75 Å². The van der Waals surface area contributed by atoms with Gasteiger partial charge >= 0.3 is 0 Å². The van der Waals surface area contributed by atoms with Crippen LogP contribution in [0.4, 0.5) is 5.69 Å². The first-order valence-electron chi connectivity index (χ1n) is 7.25. The molecule has 0 bridgehead atoms. The first-order valence-corrected chi connectivity index (χ1v) is 7.25. The number of hydrogen-bond donors (Lipinski definition) is 1. The van der Waals surface area contributed by atoms with Crippen LogP contribution in [0.1, 0.15) is 31.9 Å². The zero-order chi connectivity index (χ0) is 13.9. The lowest BCUT2D eigenvalue weighted by atomic mass is 10.1. The third kappa shape index (κ3) is 2.79. The number of rotatable bonds is 3. The number of fused-ring (bicyclic) bond motifs is 1. The molecule has 1 aliphatic heterocycles. The van der Waals surface area contributed by atoms with Crippen LogP contribution in [0.2, 0.25) is 0 Å². The molecular weight excluding hydrogens is 250 g/mol. The van der Waals surface area contributed by atoms with E-state index in [1.54, 1.807) is 6.20 Å². The topological polar surface area (TPSA) is 39.1 Å². The lowest BCUT2D eigenvalue weighted by molar-refractivity contribution is 0.206. The second-order valence-corrected chi connectivity index (χ2v) is 5.57. The fourth-order valence-electron chi connectivity index (χ4n) is 2.51. The quantitative estimate of drug-likeness (QED) is 0.931. The summed E-state index contributed by atoms with van der Waals surface area (Å²) in [4.78, 5) is 0. The molecule has 1 atom stereocenters. The molecule has 0 aliphatic carbocycles. The molecule has 106 valence electrons. The number of benzene rings is 1. The molecule has 1 aromatic heterocycles. The molecular formula is C16H21N3O. The fourth-order valence-corrected chi connectivity index (χ4v) is 2.51. The van der Waals surface area contributed by atoms with Gasteiger partial charge < -0.3 is 10.1 Å². The predicted octanol–water partition coefficient (Wildman–Crippen LogP) is 3.27. The van der Waals surface area contributed by atoms with Crippen LogP contribution >= 0.6 is 0 Å². The van der Waals surface area contributed by atoms with Gasteiger partial charge in [-0.25, -0.2) is 0 Å². The largest absolute Gasteiger partial charge is 0.485 e. The molecule has 0 saturated heterocycles. The van der Waals surface area contributed by atoms with Crippen LogP contribution in [0.25, 0.3) is 0 Å². The van der Waals surface area contributed by atoms with Crippen LogP contribution in [-0.4, -0.2) is 22.4 Å². The molecule has 0 saturated carbocycles. The summed E-state index contributed by atoms with van der Waals surface area (Å²) in [6.07, 6.45) is 6.04. The second kappa shape index (κ2) is 5.57. The molecule has 20 heavy (non-hydrogen) atoms. The van der Waals surface area contributed by atoms with E-state index < -0.39 is 0 Å². The summed E-state index contributed by atoms with van der Waals surface area (Å²) in [5.74, 6) is 0.858. The maximum absolute atomic E-state index is 6.05. The van der Waals surface area contributed by atoms with Crippen molar-refractivity contribution < 1.29 is 4.74 Å². The minimum absolute atomic E-state index is 0.187. The minimum Gasteiger partial charge on any atom is -0.485 e. The Morgan fingerprint density at radius 2 is 2.20 bits per heavy atom. The fraction of sp³-hybridized carbons (Fsp3) is 0.438. The highest BCUT2D eigenvalue weighted by molar-refractivity contribution is 5.52. The summed E-state index contributed by atoms with van der Waals surface area (Å²) in [6, 6.07) is 8.84. The zero-order valence-electron chi connectivity index (χ0n) is 12.0. The molecule has 4 nitrogen and oxygen atoms in total. The number of aromatic nitrogens is 2. The number of ether oxygens (including phenoxy) is 1. The first kappa shape index (κ1) is 13.0. The molecule has 1 unspecified atom stereocenters. The summed E-state index contributed by atoms with van der Waals surface area (Å²) in [6.45, 7) is 5.06. The number of hydrogen-bond acceptors (Lipinski definition) is 3. The highest BCUT2D eigenvalue weighted by atomic mass is 16.5. The molecule has 1 aliphatic rings. The van der Waals surface area contributed by atoms with Crippen molar-refractivity contribution in [3.63, 3.8) is 0 Å². The Kier molecular flexibility index (Phi) is 3.63. The minimum atomic E-state index is 0.187. The number of nitrogens with one attached hydrogen (secondary N) is 1. The van der Waals surface area contributed by atoms with E-state index in [4.69, 9.17) is 4.74 Å². The lowest BCUT2D eigenvalue weighted by Gasteiger charge is -2.15. The number of aryl methyl sites for hydroxylation is 1. The van der Waals surface area contributed by atoms with Crippen molar-refractivity contribution in [1.29, 1.82) is 0 Å². The van der Waals surface area contributed by atoms with Crippen molar-refractivity contribution in [2.45, 2.75) is 38.8 Å². The van der Waals surface area contributed by atoms with E-state index in [0.29, 0.717) is 6.04 Å². The van der Waals surface area contributed by atoms with E-state index in [1.807, 2.05) is 10.9 Å². The molecule has 3 rings (SSSR count). The monoisotopic (exact) mass is 271 g/mol. The van der Waals surface area contributed by atoms with Crippen molar-refractivity contribution in [2.24, 2.45) is 0 Å². The molecule has 2 heterocycles. The zero-order valence-corrected chi connectivity index (χ0v) is 12.0. The Bertz CT molecular complexity index is 550. The predicted molar refractivity (Wildman–Crippen MR) is 80.3 cm³/mol. The lowest BCUT2D eigenvalue weighted by Crippen LogP contribution is -2.24. The van der Waals surface area contributed by atoms with E-state index in [2.05, 4.69) is 48.5 Å². The maximum atomic E-state index is 6.05. The van der Waals surface area contributed by atoms with Crippen LogP contribution in [0.15, 0.2) is 36.7 Å². The molecule has 0 radical (unpaired) electrons. The van der Waals surface area contributed by atoms with Crippen LogP contribution in [-0.2, 0) is 6.42 Å². The second-order valence-electron chi connectivity index (χ2n) is 5.57. The summed E-state index contributed by atoms with van der Waals surface area (Å²) in [5.41, 5.74) is 2.60. The molecule has 1 aromatic carbocycles. The van der Waals surface area contributed by atoms with Gasteiger partial charge in [-0.3, -0.25) is 4.68 Å². The van der Waals surface area contributed by atoms with Gasteiger partial charge in [0.05, 0.1) is 18.9 Å². The molecule has 2 aromatic rings. The summed E-state index contributed by atoms with van der Waals surface area (Å²) in [5, 5.41) is 7.79. The highest BCUT2D eigenvalue weighted by Gasteiger charge is 2.17. The molecule has 4 heteroatoms. The third-order valence-corrected chi connectivity index (χ3v) is 3.68. The number of nitrogens with zero attached hydrogens (tertiary/aromatic N) is 2. The SMILES string of the molecule is CC(C)n1cc(OC2CCc3ccccc3NC2)cn1. The van der Waals surface area contributed by atoms with Crippen molar-refractivity contribution in [1.82, 2.24) is 9.78 Å². The van der Waals surface area contributed by atoms with E-state index in [-0.39, 0.29) is 6.10 Å². The van der Waals surface area contributed by atoms with Gasteiger partial charge in [-0.05, 0) is 38.3 Å². The van der Waals surface area contributed by atoms with Gasteiger partial charge in [0.15, 0.2) is 5.75 Å². The molecule has 0 spiro atoms. The van der Waals surface area contributed by atoms with Gasteiger partial charge in [0.1, 0.15) is 6.10 Å². The average Bonchev–Trinajstić information content (AvgIpc) is 2.82. The average molecular weight is 271 g/mol. The first-order chi connectivity index (χ1) is 9.72. The molecule has 0 fully saturated rings. The van der Waals surface area contributed by atoms with Crippen LogP contribution in [0.5, 0.6) is 5.75 Å². The Hall–Kier alpha value is -1.97. The summed E-state index contributed by atoms with van der Waals surface area (Å²) >= 11 is 0. The van der Waals surface area contributed by atoms with E-state index in [0.717, 1.165) is 25.1 Å². The standard InChI is InChI=1S/C16H21N3O/c1-12(2)19-11-15(10-18-19)20-14-8-7-13-5-3-4-6-16(13)17-9-14/h3-6,10-12,14,17H,7-9H2,1-2H3. The Morgan fingerprint density at radius 1 is 1.35 bits per heavy atom. The molecule has 0 amide bonds. The normalized spacial score (nSPS) is 18.2. The Morgan fingerprint density at radius 3 is 3.00 bits per heavy atom. The van der Waals surface area contributed by atoms with E-state index in [9.17, 15) is 0 Å². The van der Waals surface area contributed by atoms with Gasteiger partial charge in [0.25, 0.3) is 0 Å². The molecule has 1 N–H and O–H groups in total. The van der Waals surface area contributed by atoms with Gasteiger partial charge in [-0.1, -0.05) is 18.2 Å². The van der Waals surface area contributed by atoms with Crippen molar-refractivity contribution >= 4 is 5.69 Å². The highest BCUT2D eigenvalue weighted by Crippen LogP contribution is 2.23. The Balaban J connectivity index is 1.65. The van der Waals surface area contributed by atoms with Crippen LogP contribution in [0.3, 0.4) is 0 Å². The van der Waals surface area contributed by atoms with Crippen molar-refractivity contribution in [3.05, 3.63) is 42.2 Å². The number of anilines is 1. The maximum Gasteiger partial charge on any atom is 0.157 e. The Labute approximate surface area is 119 Å². The number of para-hydroxylation sites is 1. The van der Waals surface area contributed by atoms with Crippen LogP contribution in [0, 0.1) is 0 Å². The summed E-state index contributed by atoms with van der Waals surface area (Å²) < 4.78 is 7.98. The van der Waals surface area contributed by atoms with Gasteiger partial charge in [0, 0.05) is 11.7 Å². The third-order valence-electron chi connectivity index (χ3n) is 3.68.